The molecule has 1 rings (SSSR count). The van der Waals surface area contributed by atoms with Crippen molar-refractivity contribution in [3.63, 3.8) is 0 Å². The first-order chi connectivity index (χ1) is 8.28. The van der Waals surface area contributed by atoms with Crippen LogP contribution in [-0.2, 0) is 0 Å². The molecule has 1 unspecified atom stereocenters. The Kier molecular flexibility index (Phi) is 5.05. The zero-order chi connectivity index (χ0) is 13.9. The zero-order valence-electron chi connectivity index (χ0n) is 11.7. The Morgan fingerprint density at radius 1 is 1.17 bits per heavy atom. The van der Waals surface area contributed by atoms with Gasteiger partial charge in [-0.05, 0) is 29.5 Å². The number of halogens is 1. The van der Waals surface area contributed by atoms with E-state index in [4.69, 9.17) is 15.2 Å². The van der Waals surface area contributed by atoms with Crippen LogP contribution < -0.4 is 15.2 Å². The molecule has 0 saturated heterocycles. The van der Waals surface area contributed by atoms with E-state index in [9.17, 15) is 0 Å². The lowest BCUT2D eigenvalue weighted by atomic mass is 9.86. The third-order valence-electron chi connectivity index (χ3n) is 2.73. The van der Waals surface area contributed by atoms with Crippen LogP contribution in [0.1, 0.15) is 38.8 Å². The van der Waals surface area contributed by atoms with Crippen molar-refractivity contribution in [3.05, 3.63) is 22.2 Å². The summed E-state index contributed by atoms with van der Waals surface area (Å²) in [5.74, 6) is 1.41. The molecule has 2 N–H and O–H groups in total. The maximum absolute atomic E-state index is 6.27. The zero-order valence-corrected chi connectivity index (χ0v) is 13.3. The molecule has 0 aromatic heterocycles. The molecule has 102 valence electrons. The van der Waals surface area contributed by atoms with Crippen LogP contribution in [0.5, 0.6) is 11.5 Å². The van der Waals surface area contributed by atoms with Crippen LogP contribution >= 0.6 is 15.9 Å². The van der Waals surface area contributed by atoms with Crippen LogP contribution in [0, 0.1) is 5.41 Å². The highest BCUT2D eigenvalue weighted by atomic mass is 79.9. The van der Waals surface area contributed by atoms with Crippen molar-refractivity contribution >= 4 is 15.9 Å². The first kappa shape index (κ1) is 15.3. The maximum atomic E-state index is 6.27. The SMILES string of the molecule is COc1cc(Br)c(C(N)CC(C)(C)C)cc1OC. The molecule has 0 radical (unpaired) electrons. The summed E-state index contributed by atoms with van der Waals surface area (Å²) in [5.41, 5.74) is 7.50. The lowest BCUT2D eigenvalue weighted by Gasteiger charge is -2.24. The van der Waals surface area contributed by atoms with Gasteiger partial charge in [0.2, 0.25) is 0 Å². The molecule has 0 amide bonds. The summed E-state index contributed by atoms with van der Waals surface area (Å²) in [5, 5.41) is 0. The van der Waals surface area contributed by atoms with Crippen molar-refractivity contribution in [3.8, 4) is 11.5 Å². The second-order valence-electron chi connectivity index (χ2n) is 5.60. The fourth-order valence-corrected chi connectivity index (χ4v) is 2.54. The number of nitrogens with two attached hydrogens (primary N) is 1. The van der Waals surface area contributed by atoms with E-state index in [0.29, 0.717) is 11.5 Å². The molecule has 3 nitrogen and oxygen atoms in total. The monoisotopic (exact) mass is 315 g/mol. The standard InChI is InChI=1S/C14H22BrNO2/c1-14(2,3)8-11(16)9-6-12(17-4)13(18-5)7-10(9)15/h6-7,11H,8,16H2,1-5H3. The van der Waals surface area contributed by atoms with Crippen molar-refractivity contribution in [1.29, 1.82) is 0 Å². The minimum Gasteiger partial charge on any atom is -0.493 e. The number of benzene rings is 1. The van der Waals surface area contributed by atoms with Crippen LogP contribution in [0.4, 0.5) is 0 Å². The molecule has 0 aliphatic rings. The minimum atomic E-state index is -0.0285. The van der Waals surface area contributed by atoms with Crippen molar-refractivity contribution in [2.45, 2.75) is 33.2 Å². The Labute approximate surface area is 118 Å². The van der Waals surface area contributed by atoms with Gasteiger partial charge in [-0.15, -0.1) is 0 Å². The van der Waals surface area contributed by atoms with Crippen LogP contribution in [0.25, 0.3) is 0 Å². The molecule has 0 spiro atoms. The van der Waals surface area contributed by atoms with Crippen LogP contribution in [0.2, 0.25) is 0 Å². The van der Waals surface area contributed by atoms with E-state index in [-0.39, 0.29) is 11.5 Å². The molecule has 0 heterocycles. The number of methoxy groups -OCH3 is 2. The molecular formula is C14H22BrNO2. The van der Waals surface area contributed by atoms with Gasteiger partial charge in [0.15, 0.2) is 11.5 Å². The van der Waals surface area contributed by atoms with Gasteiger partial charge in [0, 0.05) is 10.5 Å². The molecule has 18 heavy (non-hydrogen) atoms. The summed E-state index contributed by atoms with van der Waals surface area (Å²) in [6, 6.07) is 3.81. The van der Waals surface area contributed by atoms with Gasteiger partial charge in [0.25, 0.3) is 0 Å². The Morgan fingerprint density at radius 3 is 2.11 bits per heavy atom. The van der Waals surface area contributed by atoms with Gasteiger partial charge in [-0.3, -0.25) is 0 Å². The normalized spacial score (nSPS) is 13.3. The van der Waals surface area contributed by atoms with E-state index >= 15 is 0 Å². The second-order valence-corrected chi connectivity index (χ2v) is 6.45. The van der Waals surface area contributed by atoms with Crippen molar-refractivity contribution in [2.75, 3.05) is 14.2 Å². The van der Waals surface area contributed by atoms with Gasteiger partial charge in [0.1, 0.15) is 0 Å². The summed E-state index contributed by atoms with van der Waals surface area (Å²) < 4.78 is 11.5. The third-order valence-corrected chi connectivity index (χ3v) is 3.42. The number of rotatable bonds is 4. The fourth-order valence-electron chi connectivity index (χ4n) is 1.92. The Hall–Kier alpha value is -0.740. The number of hydrogen-bond acceptors (Lipinski definition) is 3. The third kappa shape index (κ3) is 3.89. The van der Waals surface area contributed by atoms with E-state index in [1.165, 1.54) is 0 Å². The maximum Gasteiger partial charge on any atom is 0.161 e. The summed E-state index contributed by atoms with van der Waals surface area (Å²) >= 11 is 3.54. The van der Waals surface area contributed by atoms with Crippen molar-refractivity contribution < 1.29 is 9.47 Å². The highest BCUT2D eigenvalue weighted by molar-refractivity contribution is 9.10. The molecule has 0 saturated carbocycles. The van der Waals surface area contributed by atoms with E-state index in [1.54, 1.807) is 14.2 Å². The highest BCUT2D eigenvalue weighted by Crippen LogP contribution is 2.38. The smallest absolute Gasteiger partial charge is 0.161 e. The predicted octanol–water partition coefficient (Wildman–Crippen LogP) is 3.90. The Balaban J connectivity index is 3.09. The van der Waals surface area contributed by atoms with Gasteiger partial charge in [-0.25, -0.2) is 0 Å². The Bertz CT molecular complexity index is 413. The van der Waals surface area contributed by atoms with Crippen LogP contribution in [-0.4, -0.2) is 14.2 Å². The molecule has 4 heteroatoms. The lowest BCUT2D eigenvalue weighted by Crippen LogP contribution is -2.19. The average molecular weight is 316 g/mol. The largest absolute Gasteiger partial charge is 0.493 e. The predicted molar refractivity (Wildman–Crippen MR) is 78.2 cm³/mol. The summed E-state index contributed by atoms with van der Waals surface area (Å²) in [6.07, 6.45) is 0.904. The Morgan fingerprint density at radius 2 is 1.67 bits per heavy atom. The molecule has 1 aromatic carbocycles. The first-order valence-corrected chi connectivity index (χ1v) is 6.75. The van der Waals surface area contributed by atoms with Crippen LogP contribution in [0.3, 0.4) is 0 Å². The lowest BCUT2D eigenvalue weighted by molar-refractivity contribution is 0.337. The molecule has 1 atom stereocenters. The van der Waals surface area contributed by atoms with E-state index in [0.717, 1.165) is 16.5 Å². The molecule has 0 bridgehead atoms. The minimum absolute atomic E-state index is 0.0285. The molecule has 1 aromatic rings. The van der Waals surface area contributed by atoms with Gasteiger partial charge in [-0.1, -0.05) is 36.7 Å². The topological polar surface area (TPSA) is 44.5 Å². The molecule has 0 fully saturated rings. The molecule has 0 aliphatic carbocycles. The molecule has 0 aliphatic heterocycles. The molecular weight excluding hydrogens is 294 g/mol. The van der Waals surface area contributed by atoms with E-state index < -0.39 is 0 Å². The van der Waals surface area contributed by atoms with Crippen molar-refractivity contribution in [2.24, 2.45) is 11.1 Å². The summed E-state index contributed by atoms with van der Waals surface area (Å²) in [4.78, 5) is 0. The number of ether oxygens (including phenoxy) is 2. The van der Waals surface area contributed by atoms with E-state index in [1.807, 2.05) is 12.1 Å². The summed E-state index contributed by atoms with van der Waals surface area (Å²) in [7, 11) is 3.25. The van der Waals surface area contributed by atoms with E-state index in [2.05, 4.69) is 36.7 Å². The highest BCUT2D eigenvalue weighted by Gasteiger charge is 2.20. The van der Waals surface area contributed by atoms with Gasteiger partial charge < -0.3 is 15.2 Å². The summed E-state index contributed by atoms with van der Waals surface area (Å²) in [6.45, 7) is 6.55. The average Bonchev–Trinajstić information content (AvgIpc) is 2.26. The van der Waals surface area contributed by atoms with Crippen molar-refractivity contribution in [1.82, 2.24) is 0 Å². The van der Waals surface area contributed by atoms with Gasteiger partial charge in [-0.2, -0.15) is 0 Å². The van der Waals surface area contributed by atoms with Gasteiger partial charge in [0.05, 0.1) is 14.2 Å². The quantitative estimate of drug-likeness (QED) is 0.916. The number of hydrogen-bond donors (Lipinski definition) is 1. The fraction of sp³-hybridized carbons (Fsp3) is 0.571. The second kappa shape index (κ2) is 5.93. The van der Waals surface area contributed by atoms with Crippen LogP contribution in [0.15, 0.2) is 16.6 Å². The first-order valence-electron chi connectivity index (χ1n) is 5.95. The van der Waals surface area contributed by atoms with Gasteiger partial charge >= 0.3 is 0 Å².